The second kappa shape index (κ2) is 4.62. The Labute approximate surface area is 119 Å². The molecule has 21 heavy (non-hydrogen) atoms. The van der Waals surface area contributed by atoms with E-state index in [2.05, 4.69) is 5.32 Å². The molecule has 3 heterocycles. The van der Waals surface area contributed by atoms with E-state index in [0.717, 1.165) is 4.90 Å². The summed E-state index contributed by atoms with van der Waals surface area (Å²) in [7, 11) is 0. The van der Waals surface area contributed by atoms with E-state index in [9.17, 15) is 14.4 Å². The maximum atomic E-state index is 12.4. The second-order valence-electron chi connectivity index (χ2n) is 4.82. The number of hydrogen-bond donors (Lipinski definition) is 1. The number of carbonyl (C=O) groups is 3. The Balaban J connectivity index is 1.83. The van der Waals surface area contributed by atoms with Crippen LogP contribution in [0, 0.1) is 0 Å². The van der Waals surface area contributed by atoms with Crippen LogP contribution in [0.3, 0.4) is 0 Å². The fraction of sp³-hybridized carbons (Fsp3) is 0.214. The van der Waals surface area contributed by atoms with Gasteiger partial charge in [-0.05, 0) is 31.2 Å². The van der Waals surface area contributed by atoms with Crippen LogP contribution in [0.1, 0.15) is 23.2 Å². The molecule has 1 aliphatic heterocycles. The SMILES string of the molecule is CC1(c2ccco2)NC(=O)N(CC(=O)c2ccco2)C1=O. The zero-order chi connectivity index (χ0) is 15.0. The fourth-order valence-electron chi connectivity index (χ4n) is 2.23. The highest BCUT2D eigenvalue weighted by atomic mass is 16.3. The van der Waals surface area contributed by atoms with E-state index in [4.69, 9.17) is 8.83 Å². The van der Waals surface area contributed by atoms with E-state index in [1.165, 1.54) is 25.5 Å². The minimum Gasteiger partial charge on any atom is -0.466 e. The number of hydrogen-bond acceptors (Lipinski definition) is 5. The number of nitrogens with zero attached hydrogens (tertiary/aromatic N) is 1. The zero-order valence-electron chi connectivity index (χ0n) is 11.2. The van der Waals surface area contributed by atoms with E-state index < -0.39 is 23.3 Å². The Morgan fingerprint density at radius 2 is 1.95 bits per heavy atom. The predicted molar refractivity (Wildman–Crippen MR) is 69.3 cm³/mol. The summed E-state index contributed by atoms with van der Waals surface area (Å²) in [6, 6.07) is 5.62. The minimum atomic E-state index is -1.30. The smallest absolute Gasteiger partial charge is 0.325 e. The summed E-state index contributed by atoms with van der Waals surface area (Å²) in [5.74, 6) is -0.578. The molecule has 1 N–H and O–H groups in total. The molecule has 3 amide bonds. The molecule has 1 saturated heterocycles. The maximum Gasteiger partial charge on any atom is 0.325 e. The first-order chi connectivity index (χ1) is 10.0. The van der Waals surface area contributed by atoms with Gasteiger partial charge >= 0.3 is 6.03 Å². The van der Waals surface area contributed by atoms with E-state index in [1.54, 1.807) is 18.2 Å². The van der Waals surface area contributed by atoms with Crippen molar-refractivity contribution < 1.29 is 23.2 Å². The molecule has 1 aliphatic rings. The van der Waals surface area contributed by atoms with Gasteiger partial charge in [-0.15, -0.1) is 0 Å². The van der Waals surface area contributed by atoms with Crippen LogP contribution < -0.4 is 5.32 Å². The molecule has 0 saturated carbocycles. The van der Waals surface area contributed by atoms with E-state index in [-0.39, 0.29) is 12.3 Å². The van der Waals surface area contributed by atoms with Crippen LogP contribution in [0.5, 0.6) is 0 Å². The molecule has 0 bridgehead atoms. The van der Waals surface area contributed by atoms with Gasteiger partial charge in [-0.25, -0.2) is 4.79 Å². The third-order valence-corrected chi connectivity index (χ3v) is 3.39. The van der Waals surface area contributed by atoms with Crippen molar-refractivity contribution in [1.29, 1.82) is 0 Å². The normalized spacial score (nSPS) is 21.7. The number of imide groups is 1. The first kappa shape index (κ1) is 13.2. The molecule has 3 rings (SSSR count). The Bertz CT molecular complexity index is 689. The first-order valence-corrected chi connectivity index (χ1v) is 6.27. The highest BCUT2D eigenvalue weighted by Gasteiger charge is 2.51. The maximum absolute atomic E-state index is 12.4. The largest absolute Gasteiger partial charge is 0.466 e. The minimum absolute atomic E-state index is 0.0993. The molecule has 0 radical (unpaired) electrons. The third-order valence-electron chi connectivity index (χ3n) is 3.39. The van der Waals surface area contributed by atoms with Crippen LogP contribution in [-0.2, 0) is 10.3 Å². The van der Waals surface area contributed by atoms with E-state index >= 15 is 0 Å². The topological polar surface area (TPSA) is 92.8 Å². The lowest BCUT2D eigenvalue weighted by Gasteiger charge is -2.18. The van der Waals surface area contributed by atoms with Gasteiger partial charge in [0.1, 0.15) is 5.76 Å². The van der Waals surface area contributed by atoms with Crippen molar-refractivity contribution in [2.75, 3.05) is 6.54 Å². The number of carbonyl (C=O) groups excluding carboxylic acids is 3. The molecule has 7 heteroatoms. The highest BCUT2D eigenvalue weighted by Crippen LogP contribution is 2.29. The Morgan fingerprint density at radius 1 is 1.24 bits per heavy atom. The number of ketones is 1. The number of Topliss-reactive ketones (excluding diaryl/α,β-unsaturated/α-hetero) is 1. The number of furan rings is 2. The summed E-state index contributed by atoms with van der Waals surface area (Å²) >= 11 is 0. The van der Waals surface area contributed by atoms with Gasteiger partial charge in [-0.3, -0.25) is 14.5 Å². The van der Waals surface area contributed by atoms with Crippen LogP contribution in [0.2, 0.25) is 0 Å². The van der Waals surface area contributed by atoms with Gasteiger partial charge in [0.25, 0.3) is 5.91 Å². The summed E-state index contributed by atoms with van der Waals surface area (Å²) in [4.78, 5) is 37.2. The van der Waals surface area contributed by atoms with Gasteiger partial charge in [0.05, 0.1) is 19.1 Å². The molecular formula is C14H12N2O5. The third kappa shape index (κ3) is 2.03. The van der Waals surface area contributed by atoms with Crippen molar-refractivity contribution in [3.05, 3.63) is 48.3 Å². The summed E-state index contributed by atoms with van der Waals surface area (Å²) < 4.78 is 10.2. The van der Waals surface area contributed by atoms with Crippen molar-refractivity contribution in [1.82, 2.24) is 10.2 Å². The van der Waals surface area contributed by atoms with Crippen LogP contribution in [-0.4, -0.2) is 29.2 Å². The number of amides is 3. The lowest BCUT2D eigenvalue weighted by Crippen LogP contribution is -2.41. The molecule has 0 aliphatic carbocycles. The molecular weight excluding hydrogens is 276 g/mol. The summed E-state index contributed by atoms with van der Waals surface area (Å²) in [5, 5.41) is 2.54. The molecule has 1 unspecified atom stereocenters. The zero-order valence-corrected chi connectivity index (χ0v) is 11.2. The Kier molecular flexibility index (Phi) is 2.90. The Morgan fingerprint density at radius 3 is 2.57 bits per heavy atom. The predicted octanol–water partition coefficient (Wildman–Crippen LogP) is 1.52. The van der Waals surface area contributed by atoms with Crippen molar-refractivity contribution >= 4 is 17.7 Å². The number of rotatable bonds is 4. The Hall–Kier alpha value is -2.83. The monoisotopic (exact) mass is 288 g/mol. The van der Waals surface area contributed by atoms with Crippen molar-refractivity contribution in [2.24, 2.45) is 0 Å². The van der Waals surface area contributed by atoms with E-state index in [1.807, 2.05) is 0 Å². The van der Waals surface area contributed by atoms with Gasteiger partial charge in [0.15, 0.2) is 11.3 Å². The fourth-order valence-corrected chi connectivity index (χ4v) is 2.23. The molecule has 2 aromatic heterocycles. The molecule has 1 fully saturated rings. The summed E-state index contributed by atoms with van der Waals surface area (Å²) in [5.41, 5.74) is -1.30. The van der Waals surface area contributed by atoms with Crippen LogP contribution >= 0.6 is 0 Å². The van der Waals surface area contributed by atoms with Crippen LogP contribution in [0.15, 0.2) is 45.6 Å². The molecule has 108 valence electrons. The number of urea groups is 1. The van der Waals surface area contributed by atoms with Gasteiger partial charge in [0.2, 0.25) is 5.78 Å². The summed E-state index contributed by atoms with van der Waals surface area (Å²) in [6.07, 6.45) is 2.77. The average Bonchev–Trinajstić information content (AvgIpc) is 3.17. The van der Waals surface area contributed by atoms with Crippen molar-refractivity contribution in [3.8, 4) is 0 Å². The van der Waals surface area contributed by atoms with Crippen LogP contribution in [0.25, 0.3) is 0 Å². The highest BCUT2D eigenvalue weighted by molar-refractivity contribution is 6.10. The lowest BCUT2D eigenvalue weighted by molar-refractivity contribution is -0.131. The molecule has 1 atom stereocenters. The standard InChI is InChI=1S/C14H12N2O5/c1-14(11-5-3-7-21-11)12(18)16(13(19)15-14)8-9(17)10-4-2-6-20-10/h2-7H,8H2,1H3,(H,15,19). The van der Waals surface area contributed by atoms with Gasteiger partial charge in [0, 0.05) is 0 Å². The lowest BCUT2D eigenvalue weighted by atomic mass is 9.99. The second-order valence-corrected chi connectivity index (χ2v) is 4.82. The van der Waals surface area contributed by atoms with Crippen molar-refractivity contribution in [3.63, 3.8) is 0 Å². The molecule has 0 aromatic carbocycles. The van der Waals surface area contributed by atoms with Gasteiger partial charge in [-0.1, -0.05) is 0 Å². The van der Waals surface area contributed by atoms with E-state index in [0.29, 0.717) is 5.76 Å². The van der Waals surface area contributed by atoms with Gasteiger partial charge in [-0.2, -0.15) is 0 Å². The molecule has 0 spiro atoms. The van der Waals surface area contributed by atoms with Crippen molar-refractivity contribution in [2.45, 2.75) is 12.5 Å². The molecule has 7 nitrogen and oxygen atoms in total. The van der Waals surface area contributed by atoms with Gasteiger partial charge < -0.3 is 14.2 Å². The number of nitrogens with one attached hydrogen (secondary N) is 1. The summed E-state index contributed by atoms with van der Waals surface area (Å²) in [6.45, 7) is 1.15. The van der Waals surface area contributed by atoms with Crippen LogP contribution in [0.4, 0.5) is 4.79 Å². The first-order valence-electron chi connectivity index (χ1n) is 6.27. The average molecular weight is 288 g/mol. The quantitative estimate of drug-likeness (QED) is 0.680. The molecule has 2 aromatic rings.